The molecule has 0 aliphatic heterocycles. The molecule has 7 nitrogen and oxygen atoms in total. The summed E-state index contributed by atoms with van der Waals surface area (Å²) in [6.07, 6.45) is 4.35. The van der Waals surface area contributed by atoms with Gasteiger partial charge in [-0.15, -0.1) is 0 Å². The lowest BCUT2D eigenvalue weighted by Crippen LogP contribution is -2.54. The van der Waals surface area contributed by atoms with Gasteiger partial charge in [0.05, 0.1) is 20.2 Å². The summed E-state index contributed by atoms with van der Waals surface area (Å²) >= 11 is 0. The highest BCUT2D eigenvalue weighted by Gasteiger charge is 2.36. The summed E-state index contributed by atoms with van der Waals surface area (Å²) in [6, 6.07) is 4.08. The Kier molecular flexibility index (Phi) is 5.20. The van der Waals surface area contributed by atoms with Gasteiger partial charge < -0.3 is 19.6 Å². The van der Waals surface area contributed by atoms with Gasteiger partial charge >= 0.3 is 11.9 Å². The van der Waals surface area contributed by atoms with Gasteiger partial charge in [-0.3, -0.25) is 9.69 Å². The van der Waals surface area contributed by atoms with Crippen LogP contribution in [0.3, 0.4) is 0 Å². The van der Waals surface area contributed by atoms with Crippen LogP contribution in [0.5, 0.6) is 0 Å². The van der Waals surface area contributed by atoms with E-state index in [9.17, 15) is 9.59 Å². The molecule has 2 aliphatic carbocycles. The molecule has 0 atom stereocenters. The van der Waals surface area contributed by atoms with Crippen LogP contribution in [-0.4, -0.2) is 54.2 Å². The van der Waals surface area contributed by atoms with E-state index in [1.807, 2.05) is 0 Å². The fourth-order valence-electron chi connectivity index (χ4n) is 3.13. The SMILES string of the molecule is COC(=O)c1ccc(CNC2CC(N(CC(=O)O)CC3CC3)C2)o1. The summed E-state index contributed by atoms with van der Waals surface area (Å²) in [5.41, 5.74) is 0. The summed E-state index contributed by atoms with van der Waals surface area (Å²) in [5.74, 6) is 0.362. The quantitative estimate of drug-likeness (QED) is 0.660. The lowest BCUT2D eigenvalue weighted by atomic mass is 9.85. The smallest absolute Gasteiger partial charge is 0.373 e. The first kappa shape index (κ1) is 17.0. The van der Waals surface area contributed by atoms with Crippen LogP contribution in [0.1, 0.15) is 42.0 Å². The maximum Gasteiger partial charge on any atom is 0.373 e. The number of methoxy groups -OCH3 is 1. The second-order valence-corrected chi connectivity index (χ2v) is 6.73. The minimum Gasteiger partial charge on any atom is -0.480 e. The molecule has 2 aliphatic rings. The highest BCUT2D eigenvalue weighted by molar-refractivity contribution is 5.86. The van der Waals surface area contributed by atoms with Crippen molar-refractivity contribution in [3.8, 4) is 0 Å². The minimum atomic E-state index is -0.752. The van der Waals surface area contributed by atoms with Gasteiger partial charge in [-0.1, -0.05) is 0 Å². The number of carboxylic acids is 1. The fourth-order valence-corrected chi connectivity index (χ4v) is 3.13. The molecule has 1 aromatic rings. The Morgan fingerprint density at radius 3 is 2.75 bits per heavy atom. The van der Waals surface area contributed by atoms with E-state index < -0.39 is 11.9 Å². The Hall–Kier alpha value is -1.86. The molecule has 1 aromatic heterocycles. The van der Waals surface area contributed by atoms with Crippen molar-refractivity contribution in [2.75, 3.05) is 20.2 Å². The monoisotopic (exact) mass is 336 g/mol. The minimum absolute atomic E-state index is 0.133. The molecule has 0 radical (unpaired) electrons. The number of carbonyl (C=O) groups is 2. The Bertz CT molecular complexity index is 590. The second-order valence-electron chi connectivity index (χ2n) is 6.73. The highest BCUT2D eigenvalue weighted by atomic mass is 16.5. The van der Waals surface area contributed by atoms with Crippen molar-refractivity contribution in [1.82, 2.24) is 10.2 Å². The van der Waals surface area contributed by atoms with E-state index in [1.54, 1.807) is 12.1 Å². The average Bonchev–Trinajstić information content (AvgIpc) is 3.19. The topological polar surface area (TPSA) is 92.0 Å². The van der Waals surface area contributed by atoms with Gasteiger partial charge in [0.2, 0.25) is 5.76 Å². The van der Waals surface area contributed by atoms with E-state index >= 15 is 0 Å². The van der Waals surface area contributed by atoms with Crippen LogP contribution in [-0.2, 0) is 16.1 Å². The zero-order chi connectivity index (χ0) is 17.1. The molecule has 7 heteroatoms. The molecule has 1 heterocycles. The van der Waals surface area contributed by atoms with E-state index in [2.05, 4.69) is 15.0 Å². The van der Waals surface area contributed by atoms with E-state index in [0.717, 1.165) is 19.4 Å². The molecule has 3 rings (SSSR count). The number of rotatable bonds is 9. The fraction of sp³-hybridized carbons (Fsp3) is 0.647. The Morgan fingerprint density at radius 1 is 1.38 bits per heavy atom. The maximum absolute atomic E-state index is 11.3. The number of carbonyl (C=O) groups excluding carboxylic acids is 1. The number of esters is 1. The van der Waals surface area contributed by atoms with Crippen LogP contribution < -0.4 is 5.32 Å². The number of nitrogens with zero attached hydrogens (tertiary/aromatic N) is 1. The predicted octanol–water partition coefficient (Wildman–Crippen LogP) is 1.48. The Balaban J connectivity index is 1.41. The zero-order valence-electron chi connectivity index (χ0n) is 13.9. The third kappa shape index (κ3) is 4.36. The molecule has 0 spiro atoms. The number of nitrogens with one attached hydrogen (secondary N) is 1. The van der Waals surface area contributed by atoms with Gasteiger partial charge in [0, 0.05) is 18.6 Å². The first-order chi connectivity index (χ1) is 11.5. The number of hydrogen-bond acceptors (Lipinski definition) is 6. The van der Waals surface area contributed by atoms with Crippen molar-refractivity contribution in [3.63, 3.8) is 0 Å². The van der Waals surface area contributed by atoms with Crippen LogP contribution in [0.2, 0.25) is 0 Å². The number of ether oxygens (including phenoxy) is 1. The van der Waals surface area contributed by atoms with Crippen molar-refractivity contribution in [2.45, 2.75) is 44.3 Å². The normalized spacial score (nSPS) is 23.1. The molecule has 2 N–H and O–H groups in total. The van der Waals surface area contributed by atoms with Crippen molar-refractivity contribution < 1.29 is 23.8 Å². The molecule has 0 unspecified atom stereocenters. The lowest BCUT2D eigenvalue weighted by Gasteiger charge is -2.42. The van der Waals surface area contributed by atoms with E-state index in [4.69, 9.17) is 9.52 Å². The standard InChI is InChI=1S/C17H24N2O5/c1-23-17(22)15-5-4-14(24-15)8-18-12-6-13(7-12)19(10-16(20)21)9-11-2-3-11/h4-5,11-13,18H,2-3,6-10H2,1H3,(H,20,21). The summed E-state index contributed by atoms with van der Waals surface area (Å²) in [4.78, 5) is 24.5. The first-order valence-electron chi connectivity index (χ1n) is 8.41. The van der Waals surface area contributed by atoms with Gasteiger partial charge in [-0.05, 0) is 43.7 Å². The molecule has 0 amide bonds. The molecule has 2 saturated carbocycles. The lowest BCUT2D eigenvalue weighted by molar-refractivity contribution is -0.139. The number of carboxylic acid groups (broad SMARTS) is 1. The molecule has 0 bridgehead atoms. The summed E-state index contributed by atoms with van der Waals surface area (Å²) in [7, 11) is 1.32. The Labute approximate surface area is 140 Å². The summed E-state index contributed by atoms with van der Waals surface area (Å²) in [5, 5.41) is 12.5. The third-order valence-electron chi connectivity index (χ3n) is 4.77. The molecule has 24 heavy (non-hydrogen) atoms. The number of furan rings is 1. The van der Waals surface area contributed by atoms with Gasteiger partial charge in [0.15, 0.2) is 0 Å². The Morgan fingerprint density at radius 2 is 2.12 bits per heavy atom. The van der Waals surface area contributed by atoms with E-state index in [-0.39, 0.29) is 12.3 Å². The van der Waals surface area contributed by atoms with Crippen molar-refractivity contribution in [3.05, 3.63) is 23.7 Å². The number of hydrogen-bond donors (Lipinski definition) is 2. The predicted molar refractivity (Wildman–Crippen MR) is 85.6 cm³/mol. The maximum atomic E-state index is 11.3. The third-order valence-corrected chi connectivity index (χ3v) is 4.77. The first-order valence-corrected chi connectivity index (χ1v) is 8.41. The molecule has 2 fully saturated rings. The summed E-state index contributed by atoms with van der Waals surface area (Å²) in [6.45, 7) is 1.59. The van der Waals surface area contributed by atoms with E-state index in [0.29, 0.717) is 30.3 Å². The largest absolute Gasteiger partial charge is 0.480 e. The van der Waals surface area contributed by atoms with Crippen molar-refractivity contribution >= 4 is 11.9 Å². The second kappa shape index (κ2) is 7.36. The highest BCUT2D eigenvalue weighted by Crippen LogP contribution is 2.33. The van der Waals surface area contributed by atoms with E-state index in [1.165, 1.54) is 20.0 Å². The van der Waals surface area contributed by atoms with Crippen LogP contribution in [0.25, 0.3) is 0 Å². The van der Waals surface area contributed by atoms with Crippen LogP contribution in [0, 0.1) is 5.92 Å². The van der Waals surface area contributed by atoms with Crippen LogP contribution in [0.4, 0.5) is 0 Å². The average molecular weight is 336 g/mol. The van der Waals surface area contributed by atoms with Gasteiger partial charge in [0.1, 0.15) is 5.76 Å². The van der Waals surface area contributed by atoms with Gasteiger partial charge in [-0.25, -0.2) is 4.79 Å². The molecule has 132 valence electrons. The van der Waals surface area contributed by atoms with Gasteiger partial charge in [0.25, 0.3) is 0 Å². The zero-order valence-corrected chi connectivity index (χ0v) is 13.9. The molecule has 0 aromatic carbocycles. The molecular weight excluding hydrogens is 312 g/mol. The number of aliphatic carboxylic acids is 1. The van der Waals surface area contributed by atoms with Crippen molar-refractivity contribution in [1.29, 1.82) is 0 Å². The van der Waals surface area contributed by atoms with Crippen LogP contribution in [0.15, 0.2) is 16.5 Å². The molecule has 0 saturated heterocycles. The molecular formula is C17H24N2O5. The summed E-state index contributed by atoms with van der Waals surface area (Å²) < 4.78 is 10.0. The van der Waals surface area contributed by atoms with Crippen LogP contribution >= 0.6 is 0 Å². The van der Waals surface area contributed by atoms with Gasteiger partial charge in [-0.2, -0.15) is 0 Å². The van der Waals surface area contributed by atoms with Crippen molar-refractivity contribution in [2.24, 2.45) is 5.92 Å².